The number of hydrogen-bond acceptors (Lipinski definition) is 6. The van der Waals surface area contributed by atoms with Crippen LogP contribution in [0, 0.1) is 13.8 Å². The Labute approximate surface area is 219 Å². The minimum absolute atomic E-state index is 1.15. The van der Waals surface area contributed by atoms with Gasteiger partial charge in [0.2, 0.25) is 0 Å². The van der Waals surface area contributed by atoms with E-state index in [0.717, 1.165) is 13.1 Å². The lowest BCUT2D eigenvalue weighted by Gasteiger charge is -2.08. The summed E-state index contributed by atoms with van der Waals surface area (Å²) >= 11 is 0. The highest BCUT2D eigenvalue weighted by atomic mass is 32.2. The summed E-state index contributed by atoms with van der Waals surface area (Å²) in [4.78, 5) is 0. The van der Waals surface area contributed by atoms with E-state index in [4.69, 9.17) is 25.9 Å². The molecule has 8 nitrogen and oxygen atoms in total. The number of aryl methyl sites for hydroxylation is 4. The number of aromatic nitrogens is 2. The standard InChI is InChI=1S/2C10H16N.2CHF3O3S/c2*1-3-4-7-11-8-5-6-10(2)9-11;2*2-1(3,4)8(5,6)7/h2*5-6,8-9H,3-4,7H2,1-2H3;2*(H,5,6,7)/q2*+1;;/p-2. The molecule has 0 atom stereocenters. The van der Waals surface area contributed by atoms with Crippen molar-refractivity contribution in [1.29, 1.82) is 0 Å². The van der Waals surface area contributed by atoms with Crippen LogP contribution in [0.3, 0.4) is 0 Å². The first kappa shape index (κ1) is 37.9. The molecule has 2 rings (SSSR count). The van der Waals surface area contributed by atoms with E-state index in [1.165, 1.54) is 36.8 Å². The summed E-state index contributed by atoms with van der Waals surface area (Å²) < 4.78 is 122. The molecule has 0 aliphatic carbocycles. The molecule has 0 radical (unpaired) electrons. The Hall–Kier alpha value is -2.30. The van der Waals surface area contributed by atoms with Crippen LogP contribution in [-0.4, -0.2) is 37.0 Å². The van der Waals surface area contributed by atoms with Gasteiger partial charge >= 0.3 is 11.0 Å². The molecule has 0 amide bonds. The van der Waals surface area contributed by atoms with E-state index in [2.05, 4.69) is 85.9 Å². The summed E-state index contributed by atoms with van der Waals surface area (Å²) in [7, 11) is -12.2. The molecule has 2 heterocycles. The van der Waals surface area contributed by atoms with Gasteiger partial charge in [0.1, 0.15) is 13.1 Å². The van der Waals surface area contributed by atoms with Crippen molar-refractivity contribution in [3.8, 4) is 0 Å². The monoisotopic (exact) mass is 598 g/mol. The lowest BCUT2D eigenvalue weighted by Crippen LogP contribution is -2.32. The number of pyridine rings is 2. The fraction of sp³-hybridized carbons (Fsp3) is 0.545. The number of alkyl halides is 6. The van der Waals surface area contributed by atoms with Crippen LogP contribution in [0.5, 0.6) is 0 Å². The fourth-order valence-electron chi connectivity index (χ4n) is 2.27. The molecule has 0 bridgehead atoms. The molecule has 0 aliphatic rings. The third-order valence-corrected chi connectivity index (χ3v) is 5.25. The summed E-state index contributed by atoms with van der Waals surface area (Å²) in [6, 6.07) is 8.46. The zero-order chi connectivity index (χ0) is 30.2. The van der Waals surface area contributed by atoms with E-state index in [-0.39, 0.29) is 0 Å². The van der Waals surface area contributed by atoms with Crippen molar-refractivity contribution in [1.82, 2.24) is 0 Å². The smallest absolute Gasteiger partial charge is 0.485 e. The van der Waals surface area contributed by atoms with E-state index in [0.29, 0.717) is 0 Å². The molecule has 0 N–H and O–H groups in total. The zero-order valence-electron chi connectivity index (χ0n) is 21.3. The summed E-state index contributed by atoms with van der Waals surface area (Å²) in [6.45, 7) is 11.0. The molecule has 38 heavy (non-hydrogen) atoms. The van der Waals surface area contributed by atoms with Crippen LogP contribution in [-0.2, 0) is 33.3 Å². The Bertz CT molecular complexity index is 1060. The van der Waals surface area contributed by atoms with Gasteiger partial charge in [-0.2, -0.15) is 26.3 Å². The number of rotatable bonds is 6. The second-order valence-corrected chi connectivity index (χ2v) is 10.5. The summed E-state index contributed by atoms with van der Waals surface area (Å²) in [5.74, 6) is 0. The van der Waals surface area contributed by atoms with Crippen LogP contribution < -0.4 is 9.13 Å². The topological polar surface area (TPSA) is 122 Å². The van der Waals surface area contributed by atoms with E-state index < -0.39 is 31.3 Å². The Balaban J connectivity index is 0. The molecule has 0 saturated heterocycles. The maximum atomic E-state index is 10.7. The number of nitrogens with zero attached hydrogens (tertiary/aromatic N) is 2. The van der Waals surface area contributed by atoms with Gasteiger partial charge in [0.25, 0.3) is 0 Å². The van der Waals surface area contributed by atoms with Crippen molar-refractivity contribution in [2.75, 3.05) is 0 Å². The van der Waals surface area contributed by atoms with Gasteiger partial charge in [-0.3, -0.25) is 0 Å². The Morgan fingerprint density at radius 2 is 0.947 bits per heavy atom. The van der Waals surface area contributed by atoms with Crippen LogP contribution >= 0.6 is 0 Å². The highest BCUT2D eigenvalue weighted by Crippen LogP contribution is 2.21. The Morgan fingerprint density at radius 3 is 1.13 bits per heavy atom. The largest absolute Gasteiger partial charge is 0.741 e. The first-order chi connectivity index (χ1) is 17.2. The predicted molar refractivity (Wildman–Crippen MR) is 124 cm³/mol. The van der Waals surface area contributed by atoms with Crippen molar-refractivity contribution in [2.45, 2.75) is 77.5 Å². The highest BCUT2D eigenvalue weighted by molar-refractivity contribution is 7.86. The van der Waals surface area contributed by atoms with Gasteiger partial charge in [-0.15, -0.1) is 0 Å². The lowest BCUT2D eigenvalue weighted by atomic mass is 10.3. The third kappa shape index (κ3) is 18.9. The Kier molecular flexibility index (Phi) is 17.3. The minimum Gasteiger partial charge on any atom is -0.741 e. The van der Waals surface area contributed by atoms with Crippen LogP contribution in [0.15, 0.2) is 49.1 Å². The number of unbranched alkanes of at least 4 members (excludes halogenated alkanes) is 2. The van der Waals surface area contributed by atoms with Crippen molar-refractivity contribution in [3.63, 3.8) is 0 Å². The molecule has 0 aromatic carbocycles. The SMILES string of the molecule is CCCC[n+]1cccc(C)c1.CCCC[n+]1cccc(C)c1.O=S(=O)([O-])C(F)(F)F.O=S(=O)([O-])C(F)(F)F. The molecular weight excluding hydrogens is 566 g/mol. The predicted octanol–water partition coefficient (Wildman–Crippen LogP) is 4.27. The van der Waals surface area contributed by atoms with Crippen LogP contribution in [0.25, 0.3) is 0 Å². The van der Waals surface area contributed by atoms with E-state index >= 15 is 0 Å². The van der Waals surface area contributed by atoms with Gasteiger partial charge in [0, 0.05) is 36.1 Å². The van der Waals surface area contributed by atoms with Crippen LogP contribution in [0.2, 0.25) is 0 Å². The van der Waals surface area contributed by atoms with E-state index in [1.807, 2.05) is 0 Å². The maximum Gasteiger partial charge on any atom is 0.485 e. The quantitative estimate of drug-likeness (QED) is 0.212. The fourth-order valence-corrected chi connectivity index (χ4v) is 2.27. The molecule has 0 fully saturated rings. The Morgan fingerprint density at radius 1 is 0.684 bits per heavy atom. The molecule has 0 unspecified atom stereocenters. The maximum absolute atomic E-state index is 10.7. The number of hydrogen-bond donors (Lipinski definition) is 0. The van der Waals surface area contributed by atoms with Crippen molar-refractivity contribution in [2.24, 2.45) is 0 Å². The van der Waals surface area contributed by atoms with Crippen molar-refractivity contribution >= 4 is 20.2 Å². The van der Waals surface area contributed by atoms with Crippen LogP contribution in [0.1, 0.15) is 50.7 Å². The van der Waals surface area contributed by atoms with Crippen molar-refractivity contribution in [3.05, 3.63) is 60.2 Å². The second kappa shape index (κ2) is 17.3. The molecule has 0 spiro atoms. The van der Waals surface area contributed by atoms with Gasteiger partial charge in [0.05, 0.1) is 0 Å². The summed E-state index contributed by atoms with van der Waals surface area (Å²) in [6.07, 6.45) is 13.7. The van der Waals surface area contributed by atoms with Gasteiger partial charge < -0.3 is 9.11 Å². The summed E-state index contributed by atoms with van der Waals surface area (Å²) in [5, 5.41) is 0. The normalized spacial score (nSPS) is 11.7. The van der Waals surface area contributed by atoms with Gasteiger partial charge in [-0.05, 0) is 26.0 Å². The minimum atomic E-state index is -6.09. The van der Waals surface area contributed by atoms with Gasteiger partial charge in [-0.25, -0.2) is 26.0 Å². The summed E-state index contributed by atoms with van der Waals surface area (Å²) in [5.41, 5.74) is -8.62. The molecule has 2 aromatic rings. The molecule has 0 saturated carbocycles. The molecule has 220 valence electrons. The van der Waals surface area contributed by atoms with Gasteiger partial charge in [-0.1, -0.05) is 26.7 Å². The third-order valence-electron chi connectivity index (χ3n) is 4.12. The average Bonchev–Trinajstić information content (AvgIpc) is 2.75. The van der Waals surface area contributed by atoms with E-state index in [1.54, 1.807) is 0 Å². The first-order valence-corrected chi connectivity index (χ1v) is 13.9. The second-order valence-electron chi connectivity index (χ2n) is 7.75. The number of halogens is 6. The molecule has 0 aliphatic heterocycles. The van der Waals surface area contributed by atoms with Crippen LogP contribution in [0.4, 0.5) is 26.3 Å². The van der Waals surface area contributed by atoms with Gasteiger partial charge in [0.15, 0.2) is 45.0 Å². The first-order valence-electron chi connectivity index (χ1n) is 11.1. The molecular formula is C22H32F6N2O6S2. The average molecular weight is 599 g/mol. The molecule has 2 aromatic heterocycles. The lowest BCUT2D eigenvalue weighted by molar-refractivity contribution is -0.697. The van der Waals surface area contributed by atoms with Crippen molar-refractivity contribution < 1.29 is 61.4 Å². The molecule has 16 heteroatoms. The van der Waals surface area contributed by atoms with E-state index in [9.17, 15) is 26.3 Å². The zero-order valence-corrected chi connectivity index (χ0v) is 22.9. The highest BCUT2D eigenvalue weighted by Gasteiger charge is 2.37.